The van der Waals surface area contributed by atoms with Crippen LogP contribution in [0.2, 0.25) is 0 Å². The van der Waals surface area contributed by atoms with E-state index in [-0.39, 0.29) is 6.23 Å². The molecule has 0 N–H and O–H groups in total. The van der Waals surface area contributed by atoms with Crippen molar-refractivity contribution in [1.29, 1.82) is 0 Å². The number of ether oxygens (including phenoxy) is 1. The molecule has 0 bridgehead atoms. The third-order valence-corrected chi connectivity index (χ3v) is 2.31. The van der Waals surface area contributed by atoms with E-state index in [1.807, 2.05) is 23.9 Å². The van der Waals surface area contributed by atoms with Gasteiger partial charge in [-0.2, -0.15) is 0 Å². The molecule has 74 valence electrons. The van der Waals surface area contributed by atoms with Gasteiger partial charge < -0.3 is 4.74 Å². The molecule has 1 heterocycles. The lowest BCUT2D eigenvalue weighted by Gasteiger charge is -2.04. The van der Waals surface area contributed by atoms with E-state index >= 15 is 0 Å². The van der Waals surface area contributed by atoms with Crippen LogP contribution in [0.1, 0.15) is 25.1 Å². The summed E-state index contributed by atoms with van der Waals surface area (Å²) in [6.07, 6.45) is 0.925. The minimum atomic E-state index is -0.101. The van der Waals surface area contributed by atoms with Crippen molar-refractivity contribution in [1.82, 2.24) is 0 Å². The number of azo groups is 2. The normalized spacial score (nSPS) is 19.3. The summed E-state index contributed by atoms with van der Waals surface area (Å²) in [6, 6.07) is 8.18. The number of para-hydroxylation sites is 1. The highest BCUT2D eigenvalue weighted by atomic mass is 16.5. The lowest BCUT2D eigenvalue weighted by Crippen LogP contribution is -1.99. The summed E-state index contributed by atoms with van der Waals surface area (Å²) >= 11 is 0. The van der Waals surface area contributed by atoms with Crippen LogP contribution in [0.15, 0.2) is 29.4 Å². The van der Waals surface area contributed by atoms with Crippen LogP contribution in [-0.4, -0.2) is 18.4 Å². The second-order valence-electron chi connectivity index (χ2n) is 3.42. The molecule has 0 radical (unpaired) electrons. The number of rotatable bonds is 3. The van der Waals surface area contributed by atoms with Crippen molar-refractivity contribution in [3.8, 4) is 0 Å². The molecule has 1 aliphatic heterocycles. The van der Waals surface area contributed by atoms with E-state index in [9.17, 15) is 0 Å². The zero-order chi connectivity index (χ0) is 9.97. The van der Waals surface area contributed by atoms with Gasteiger partial charge in [-0.15, -0.1) is 0 Å². The highest BCUT2D eigenvalue weighted by Crippen LogP contribution is 2.34. The van der Waals surface area contributed by atoms with Crippen molar-refractivity contribution >= 4 is 5.69 Å². The van der Waals surface area contributed by atoms with E-state index in [0.717, 1.165) is 18.7 Å². The second-order valence-corrected chi connectivity index (χ2v) is 3.42. The van der Waals surface area contributed by atoms with Crippen LogP contribution in [0.4, 0.5) is 5.69 Å². The molecule has 1 unspecified atom stereocenters. The van der Waals surface area contributed by atoms with Crippen molar-refractivity contribution in [3.05, 3.63) is 29.8 Å². The van der Waals surface area contributed by atoms with Gasteiger partial charge >= 0.3 is 0 Å². The molecule has 0 aromatic heterocycles. The van der Waals surface area contributed by atoms with Crippen molar-refractivity contribution in [2.75, 3.05) is 13.7 Å². The van der Waals surface area contributed by atoms with Gasteiger partial charge in [-0.3, -0.25) is 0 Å². The molecule has 0 saturated heterocycles. The number of benzene rings is 1. The van der Waals surface area contributed by atoms with Gasteiger partial charge in [-0.25, -0.2) is 0 Å². The van der Waals surface area contributed by atoms with E-state index in [0.29, 0.717) is 0 Å². The highest BCUT2D eigenvalue weighted by Gasteiger charge is 2.30. The van der Waals surface area contributed by atoms with Crippen LogP contribution in [0.25, 0.3) is 0 Å². The maximum atomic E-state index is 5.64. The van der Waals surface area contributed by atoms with Gasteiger partial charge in [0.1, 0.15) is 0 Å². The molecule has 1 aliphatic rings. The van der Waals surface area contributed by atoms with Gasteiger partial charge in [0.2, 0.25) is 11.9 Å². The third-order valence-electron chi connectivity index (χ3n) is 2.31. The minimum Gasteiger partial charge on any atom is -0.347 e. The Labute approximate surface area is 84.0 Å². The lowest BCUT2D eigenvalue weighted by atomic mass is 10.2. The maximum absolute atomic E-state index is 5.64. The Balaban J connectivity index is 2.23. The molecule has 1 atom stereocenters. The van der Waals surface area contributed by atoms with Crippen LogP contribution < -0.4 is 0 Å². The van der Waals surface area contributed by atoms with Crippen molar-refractivity contribution < 1.29 is 9.43 Å². The number of hydrogen-bond donors (Lipinski definition) is 0. The molecule has 0 spiro atoms. The third kappa shape index (κ3) is 1.55. The Bertz CT molecular complexity index is 360. The molecule has 0 amide bonds. The van der Waals surface area contributed by atoms with Crippen LogP contribution in [0.3, 0.4) is 0 Å². The summed E-state index contributed by atoms with van der Waals surface area (Å²) in [5.41, 5.74) is 2.32. The van der Waals surface area contributed by atoms with Gasteiger partial charge in [-0.05, 0) is 17.6 Å². The van der Waals surface area contributed by atoms with Gasteiger partial charge in [0.15, 0.2) is 7.05 Å². The Morgan fingerprint density at radius 3 is 3.00 bits per heavy atom. The summed E-state index contributed by atoms with van der Waals surface area (Å²) in [5, 5.41) is 4.41. The largest absolute Gasteiger partial charge is 0.347 e. The van der Waals surface area contributed by atoms with Gasteiger partial charge in [0.25, 0.3) is 0 Å². The first kappa shape index (κ1) is 9.34. The average molecular weight is 191 g/mol. The zero-order valence-electron chi connectivity index (χ0n) is 8.60. The molecule has 0 aliphatic carbocycles. The van der Waals surface area contributed by atoms with E-state index < -0.39 is 0 Å². The predicted octanol–water partition coefficient (Wildman–Crippen LogP) is 2.85. The van der Waals surface area contributed by atoms with Crippen LogP contribution in [0.5, 0.6) is 0 Å². The fraction of sp³-hybridized carbons (Fsp3) is 0.455. The average Bonchev–Trinajstić information content (AvgIpc) is 2.54. The predicted molar refractivity (Wildman–Crippen MR) is 53.7 cm³/mol. The first-order valence-electron chi connectivity index (χ1n) is 4.98. The molecular formula is C11H15N2O+. The first-order valence-corrected chi connectivity index (χ1v) is 4.98. The highest BCUT2D eigenvalue weighted by molar-refractivity contribution is 5.42. The topological polar surface area (TPSA) is 24.6 Å². The molecule has 2 rings (SSSR count). The number of fused-ring (bicyclic) bond motifs is 1. The Morgan fingerprint density at radius 1 is 1.43 bits per heavy atom. The first-order chi connectivity index (χ1) is 6.83. The van der Waals surface area contributed by atoms with E-state index in [1.165, 1.54) is 5.56 Å². The van der Waals surface area contributed by atoms with Crippen LogP contribution in [-0.2, 0) is 4.74 Å². The van der Waals surface area contributed by atoms with Gasteiger partial charge in [0.05, 0.1) is 5.56 Å². The molecule has 0 fully saturated rings. The Morgan fingerprint density at radius 2 is 2.21 bits per heavy atom. The van der Waals surface area contributed by atoms with E-state index in [4.69, 9.17) is 4.74 Å². The summed E-state index contributed by atoms with van der Waals surface area (Å²) < 4.78 is 7.53. The Kier molecular flexibility index (Phi) is 2.59. The van der Waals surface area contributed by atoms with Crippen molar-refractivity contribution in [2.45, 2.75) is 19.6 Å². The summed E-state index contributed by atoms with van der Waals surface area (Å²) in [5.74, 6) is 0. The molecule has 3 heteroatoms. The summed E-state index contributed by atoms with van der Waals surface area (Å²) in [6.45, 7) is 2.86. The fourth-order valence-corrected chi connectivity index (χ4v) is 1.63. The van der Waals surface area contributed by atoms with Gasteiger partial charge in [0, 0.05) is 12.7 Å². The molecule has 1 aromatic rings. The molecular weight excluding hydrogens is 176 g/mol. The molecule has 14 heavy (non-hydrogen) atoms. The molecule has 1 aromatic carbocycles. The lowest BCUT2D eigenvalue weighted by molar-refractivity contribution is -0.481. The summed E-state index contributed by atoms with van der Waals surface area (Å²) in [4.78, 5) is 0. The van der Waals surface area contributed by atoms with Crippen molar-refractivity contribution in [2.24, 2.45) is 5.11 Å². The van der Waals surface area contributed by atoms with E-state index in [1.54, 1.807) is 0 Å². The van der Waals surface area contributed by atoms with Crippen molar-refractivity contribution in [3.63, 3.8) is 0 Å². The van der Waals surface area contributed by atoms with Gasteiger partial charge in [-0.1, -0.05) is 23.8 Å². The minimum absolute atomic E-state index is 0.101. The maximum Gasteiger partial charge on any atom is 0.243 e. The number of hydrogen-bond acceptors (Lipinski definition) is 2. The molecule has 0 saturated carbocycles. The molecule has 3 nitrogen and oxygen atoms in total. The van der Waals surface area contributed by atoms with Crippen LogP contribution in [0, 0.1) is 0 Å². The smallest absolute Gasteiger partial charge is 0.243 e. The quantitative estimate of drug-likeness (QED) is 0.674. The number of nitrogens with zero attached hydrogens (tertiary/aromatic N) is 2. The summed E-state index contributed by atoms with van der Waals surface area (Å²) in [7, 11) is 1.95. The standard InChI is InChI=1S/C11H15N2O/c1-3-8-14-11-9-6-4-5-7-10(9)13(2)12-11/h4-7,11H,3,8H2,1-2H3/q+1. The fourth-order valence-electron chi connectivity index (χ4n) is 1.63. The Hall–Kier alpha value is -1.22. The van der Waals surface area contributed by atoms with Crippen LogP contribution >= 0.6 is 0 Å². The zero-order valence-corrected chi connectivity index (χ0v) is 8.60. The SMILES string of the molecule is CCCOC1N=[N+](C)c2ccccc21. The van der Waals surface area contributed by atoms with E-state index in [2.05, 4.69) is 24.2 Å². The monoisotopic (exact) mass is 191 g/mol. The second kappa shape index (κ2) is 3.88.